The average Bonchev–Trinajstić information content (AvgIpc) is 2.80. The third kappa shape index (κ3) is 2.91. The van der Waals surface area contributed by atoms with E-state index in [-0.39, 0.29) is 0 Å². The summed E-state index contributed by atoms with van der Waals surface area (Å²) in [6.45, 7) is 7.81. The Morgan fingerprint density at radius 3 is 2.83 bits per heavy atom. The molecule has 0 fully saturated rings. The van der Waals surface area contributed by atoms with Crippen LogP contribution in [-0.4, -0.2) is 22.1 Å². The van der Waals surface area contributed by atoms with Gasteiger partial charge in [0.25, 0.3) is 0 Å². The zero-order valence-corrected chi connectivity index (χ0v) is 11.6. The van der Waals surface area contributed by atoms with Gasteiger partial charge in [-0.3, -0.25) is 0 Å². The maximum Gasteiger partial charge on any atom is 0.0960 e. The second kappa shape index (κ2) is 6.01. The fourth-order valence-electron chi connectivity index (χ4n) is 2.43. The molecule has 1 heterocycles. The first-order valence-electron chi connectivity index (χ1n) is 6.87. The molecule has 0 aliphatic rings. The third-order valence-corrected chi connectivity index (χ3v) is 3.39. The number of rotatable bonds is 6. The molecule has 0 aliphatic heterocycles. The van der Waals surface area contributed by atoms with Gasteiger partial charge in [0.2, 0.25) is 0 Å². The molecule has 0 aliphatic carbocycles. The maximum atomic E-state index is 4.45. The molecule has 2 atom stereocenters. The summed E-state index contributed by atoms with van der Waals surface area (Å²) in [4.78, 5) is 4.45. The highest BCUT2D eigenvalue weighted by atomic mass is 15.1. The van der Waals surface area contributed by atoms with Crippen molar-refractivity contribution in [3.05, 3.63) is 30.6 Å². The molecule has 2 unspecified atom stereocenters. The summed E-state index contributed by atoms with van der Waals surface area (Å²) in [5.74, 6) is 0. The van der Waals surface area contributed by atoms with Crippen molar-refractivity contribution in [2.75, 3.05) is 6.54 Å². The largest absolute Gasteiger partial charge is 0.328 e. The van der Waals surface area contributed by atoms with Crippen molar-refractivity contribution in [3.63, 3.8) is 0 Å². The third-order valence-electron chi connectivity index (χ3n) is 3.39. The molecule has 2 rings (SSSR count). The van der Waals surface area contributed by atoms with Crippen LogP contribution in [-0.2, 0) is 0 Å². The van der Waals surface area contributed by atoms with Crippen molar-refractivity contribution in [1.82, 2.24) is 14.9 Å². The number of aromatic nitrogens is 2. The van der Waals surface area contributed by atoms with Crippen LogP contribution in [0.4, 0.5) is 0 Å². The van der Waals surface area contributed by atoms with Gasteiger partial charge in [0.15, 0.2) is 0 Å². The summed E-state index contributed by atoms with van der Waals surface area (Å²) in [6.07, 6.45) is 4.27. The van der Waals surface area contributed by atoms with Gasteiger partial charge < -0.3 is 9.88 Å². The van der Waals surface area contributed by atoms with Crippen LogP contribution in [0.3, 0.4) is 0 Å². The van der Waals surface area contributed by atoms with Gasteiger partial charge in [0, 0.05) is 12.1 Å². The molecule has 0 radical (unpaired) electrons. The van der Waals surface area contributed by atoms with Gasteiger partial charge in [-0.15, -0.1) is 0 Å². The standard InChI is InChI=1S/C15H23N3/c1-4-9-16-12(2)10-13(3)18-11-17-14-7-5-6-8-15(14)18/h5-8,11-13,16H,4,9-10H2,1-3H3. The first kappa shape index (κ1) is 13.1. The number of fused-ring (bicyclic) bond motifs is 1. The molecule has 3 nitrogen and oxygen atoms in total. The number of nitrogens with zero attached hydrogens (tertiary/aromatic N) is 2. The van der Waals surface area contributed by atoms with Gasteiger partial charge in [-0.2, -0.15) is 0 Å². The summed E-state index contributed by atoms with van der Waals surface area (Å²) < 4.78 is 2.28. The number of nitrogens with one attached hydrogen (secondary N) is 1. The Bertz CT molecular complexity index is 489. The monoisotopic (exact) mass is 245 g/mol. The smallest absolute Gasteiger partial charge is 0.0960 e. The minimum Gasteiger partial charge on any atom is -0.328 e. The van der Waals surface area contributed by atoms with Gasteiger partial charge in [-0.1, -0.05) is 19.1 Å². The minimum atomic E-state index is 0.469. The lowest BCUT2D eigenvalue weighted by molar-refractivity contribution is 0.419. The summed E-state index contributed by atoms with van der Waals surface area (Å²) in [5.41, 5.74) is 2.31. The number of benzene rings is 1. The van der Waals surface area contributed by atoms with Crippen LogP contribution in [0.25, 0.3) is 11.0 Å². The van der Waals surface area contributed by atoms with Crippen LogP contribution >= 0.6 is 0 Å². The average molecular weight is 245 g/mol. The molecule has 1 aromatic heterocycles. The highest BCUT2D eigenvalue weighted by Gasteiger charge is 2.12. The summed E-state index contributed by atoms with van der Waals surface area (Å²) in [7, 11) is 0. The van der Waals surface area contributed by atoms with Crippen LogP contribution in [0.2, 0.25) is 0 Å². The van der Waals surface area contributed by atoms with Crippen LogP contribution in [0.5, 0.6) is 0 Å². The second-order valence-electron chi connectivity index (χ2n) is 5.08. The molecule has 0 bridgehead atoms. The SMILES string of the molecule is CCCNC(C)CC(C)n1cnc2ccccc21. The number of imidazole rings is 1. The summed E-state index contributed by atoms with van der Waals surface area (Å²) >= 11 is 0. The van der Waals surface area contributed by atoms with Gasteiger partial charge in [0.1, 0.15) is 0 Å². The molecule has 18 heavy (non-hydrogen) atoms. The lowest BCUT2D eigenvalue weighted by atomic mass is 10.1. The second-order valence-corrected chi connectivity index (χ2v) is 5.08. The van der Waals surface area contributed by atoms with E-state index in [2.05, 4.69) is 53.8 Å². The van der Waals surface area contributed by atoms with E-state index in [9.17, 15) is 0 Å². The van der Waals surface area contributed by atoms with Crippen LogP contribution in [0, 0.1) is 0 Å². The summed E-state index contributed by atoms with van der Waals surface area (Å²) in [5, 5.41) is 3.54. The first-order chi connectivity index (χ1) is 8.72. The van der Waals surface area contributed by atoms with E-state index >= 15 is 0 Å². The van der Waals surface area contributed by atoms with E-state index in [0.29, 0.717) is 12.1 Å². The van der Waals surface area contributed by atoms with Crippen LogP contribution in [0.1, 0.15) is 39.7 Å². The van der Waals surface area contributed by atoms with Gasteiger partial charge >= 0.3 is 0 Å². The highest BCUT2D eigenvalue weighted by molar-refractivity contribution is 5.75. The topological polar surface area (TPSA) is 29.9 Å². The number of hydrogen-bond acceptors (Lipinski definition) is 2. The fraction of sp³-hybridized carbons (Fsp3) is 0.533. The predicted octanol–water partition coefficient (Wildman–Crippen LogP) is 3.38. The Kier molecular flexibility index (Phi) is 4.37. The number of para-hydroxylation sites is 2. The van der Waals surface area contributed by atoms with Crippen molar-refractivity contribution in [2.45, 2.75) is 45.7 Å². The molecule has 0 saturated carbocycles. The van der Waals surface area contributed by atoms with E-state index in [1.807, 2.05) is 12.4 Å². The van der Waals surface area contributed by atoms with E-state index in [4.69, 9.17) is 0 Å². The lowest BCUT2D eigenvalue weighted by Crippen LogP contribution is -2.29. The molecule has 98 valence electrons. The van der Waals surface area contributed by atoms with Crippen molar-refractivity contribution < 1.29 is 0 Å². The minimum absolute atomic E-state index is 0.469. The maximum absolute atomic E-state index is 4.45. The normalized spacial score (nSPS) is 14.8. The molecule has 0 saturated heterocycles. The van der Waals surface area contributed by atoms with Gasteiger partial charge in [-0.05, 0) is 45.4 Å². The molecule has 1 aromatic carbocycles. The zero-order chi connectivity index (χ0) is 13.0. The molecular formula is C15H23N3. The molecule has 2 aromatic rings. The summed E-state index contributed by atoms with van der Waals surface area (Å²) in [6, 6.07) is 9.33. The van der Waals surface area contributed by atoms with Crippen molar-refractivity contribution in [3.8, 4) is 0 Å². The van der Waals surface area contributed by atoms with Gasteiger partial charge in [-0.25, -0.2) is 4.98 Å². The van der Waals surface area contributed by atoms with E-state index in [1.54, 1.807) is 0 Å². The Morgan fingerprint density at radius 2 is 2.06 bits per heavy atom. The predicted molar refractivity (Wildman–Crippen MR) is 76.8 cm³/mol. The Morgan fingerprint density at radius 1 is 1.28 bits per heavy atom. The van der Waals surface area contributed by atoms with E-state index in [0.717, 1.165) is 18.5 Å². The Hall–Kier alpha value is -1.35. The quantitative estimate of drug-likeness (QED) is 0.845. The molecule has 0 amide bonds. The number of hydrogen-bond donors (Lipinski definition) is 1. The van der Waals surface area contributed by atoms with Crippen LogP contribution < -0.4 is 5.32 Å². The van der Waals surface area contributed by atoms with E-state index in [1.165, 1.54) is 11.9 Å². The Labute approximate surface area is 109 Å². The first-order valence-corrected chi connectivity index (χ1v) is 6.87. The molecule has 3 heteroatoms. The lowest BCUT2D eigenvalue weighted by Gasteiger charge is -2.20. The molecular weight excluding hydrogens is 222 g/mol. The Balaban J connectivity index is 2.06. The van der Waals surface area contributed by atoms with Crippen molar-refractivity contribution >= 4 is 11.0 Å². The fourth-order valence-corrected chi connectivity index (χ4v) is 2.43. The zero-order valence-electron chi connectivity index (χ0n) is 11.6. The molecule has 0 spiro atoms. The van der Waals surface area contributed by atoms with Crippen LogP contribution in [0.15, 0.2) is 30.6 Å². The highest BCUT2D eigenvalue weighted by Crippen LogP contribution is 2.20. The van der Waals surface area contributed by atoms with Gasteiger partial charge in [0.05, 0.1) is 17.4 Å². The van der Waals surface area contributed by atoms with Crippen molar-refractivity contribution in [2.24, 2.45) is 0 Å². The van der Waals surface area contributed by atoms with Crippen molar-refractivity contribution in [1.29, 1.82) is 0 Å². The molecule has 1 N–H and O–H groups in total. The van der Waals surface area contributed by atoms with E-state index < -0.39 is 0 Å².